The van der Waals surface area contributed by atoms with E-state index in [-0.39, 0.29) is 6.04 Å². The number of ether oxygens (including phenoxy) is 2. The van der Waals surface area contributed by atoms with Crippen LogP contribution in [0.15, 0.2) is 12.2 Å². The van der Waals surface area contributed by atoms with E-state index in [0.29, 0.717) is 6.47 Å². The minimum atomic E-state index is -0.532. The molecule has 5 nitrogen and oxygen atoms in total. The van der Waals surface area contributed by atoms with Crippen LogP contribution in [-0.4, -0.2) is 30.3 Å². The van der Waals surface area contributed by atoms with Gasteiger partial charge in [-0.25, -0.2) is 4.79 Å². The van der Waals surface area contributed by atoms with E-state index in [4.69, 9.17) is 9.47 Å². The zero-order chi connectivity index (χ0) is 12.9. The van der Waals surface area contributed by atoms with Gasteiger partial charge in [0.1, 0.15) is 11.7 Å². The van der Waals surface area contributed by atoms with Gasteiger partial charge in [-0.2, -0.15) is 0 Å². The summed E-state index contributed by atoms with van der Waals surface area (Å²) in [5.41, 5.74) is -0.532. The molecule has 17 heavy (non-hydrogen) atoms. The highest BCUT2D eigenvalue weighted by Gasteiger charge is 2.26. The third kappa shape index (κ3) is 4.89. The number of rotatable bonds is 3. The van der Waals surface area contributed by atoms with E-state index in [9.17, 15) is 9.59 Å². The monoisotopic (exact) mass is 241 g/mol. The van der Waals surface area contributed by atoms with Crippen molar-refractivity contribution in [2.45, 2.75) is 51.4 Å². The Morgan fingerprint density at radius 1 is 1.47 bits per heavy atom. The van der Waals surface area contributed by atoms with Crippen LogP contribution >= 0.6 is 0 Å². The zero-order valence-electron chi connectivity index (χ0n) is 10.4. The van der Waals surface area contributed by atoms with E-state index in [1.54, 1.807) is 26.8 Å². The number of hydrogen-bond donors (Lipinski definition) is 1. The van der Waals surface area contributed by atoms with Crippen LogP contribution in [0.3, 0.4) is 0 Å². The Morgan fingerprint density at radius 2 is 2.18 bits per heavy atom. The van der Waals surface area contributed by atoms with Crippen molar-refractivity contribution in [3.05, 3.63) is 12.2 Å². The molecule has 96 valence electrons. The normalized spacial score (nSPS) is 23.9. The summed E-state index contributed by atoms with van der Waals surface area (Å²) in [5.74, 6) is 0. The smallest absolute Gasteiger partial charge is 0.408 e. The minimum absolute atomic E-state index is 0.222. The predicted molar refractivity (Wildman–Crippen MR) is 62.5 cm³/mol. The molecule has 0 saturated carbocycles. The molecule has 0 radical (unpaired) electrons. The standard InChI is InChI=1S/C12H19NO4/c1-12(2,3)17-11(15)13-9-6-4-5-7-10(9)16-8-14/h5,7-10H,4,6H2,1-3H3,(H,13,15)/t9-,10+/m1/s1. The number of nitrogens with one attached hydrogen (secondary N) is 1. The van der Waals surface area contributed by atoms with Crippen LogP contribution in [-0.2, 0) is 14.3 Å². The van der Waals surface area contributed by atoms with Crippen molar-refractivity contribution in [2.24, 2.45) is 0 Å². The number of carbonyl (C=O) groups excluding carboxylic acids is 2. The number of hydrogen-bond acceptors (Lipinski definition) is 4. The van der Waals surface area contributed by atoms with E-state index in [1.165, 1.54) is 0 Å². The van der Waals surface area contributed by atoms with Gasteiger partial charge in [-0.1, -0.05) is 6.08 Å². The van der Waals surface area contributed by atoms with Gasteiger partial charge in [0.15, 0.2) is 0 Å². The second kappa shape index (κ2) is 5.70. The van der Waals surface area contributed by atoms with E-state index >= 15 is 0 Å². The largest absolute Gasteiger partial charge is 0.458 e. The molecule has 1 aliphatic carbocycles. The van der Waals surface area contributed by atoms with Gasteiger partial charge in [0.25, 0.3) is 6.47 Å². The molecule has 0 aromatic heterocycles. The predicted octanol–water partition coefficient (Wildman–Crippen LogP) is 1.77. The van der Waals surface area contributed by atoms with Crippen molar-refractivity contribution in [3.8, 4) is 0 Å². The summed E-state index contributed by atoms with van der Waals surface area (Å²) in [6.45, 7) is 5.79. The molecule has 0 aromatic rings. The minimum Gasteiger partial charge on any atom is -0.458 e. The molecule has 1 amide bonds. The summed E-state index contributed by atoms with van der Waals surface area (Å²) < 4.78 is 10.0. The van der Waals surface area contributed by atoms with Crippen molar-refractivity contribution in [1.82, 2.24) is 5.32 Å². The lowest BCUT2D eigenvalue weighted by atomic mass is 9.99. The quantitative estimate of drug-likeness (QED) is 0.604. The fourth-order valence-electron chi connectivity index (χ4n) is 1.62. The Kier molecular flexibility index (Phi) is 4.54. The van der Waals surface area contributed by atoms with Gasteiger partial charge in [-0.3, -0.25) is 4.79 Å². The van der Waals surface area contributed by atoms with Crippen molar-refractivity contribution >= 4 is 12.6 Å². The third-order valence-corrected chi connectivity index (χ3v) is 2.28. The highest BCUT2D eigenvalue weighted by molar-refractivity contribution is 5.68. The summed E-state index contributed by atoms with van der Waals surface area (Å²) >= 11 is 0. The second-order valence-electron chi connectivity index (χ2n) is 4.96. The molecule has 0 heterocycles. The highest BCUT2D eigenvalue weighted by atomic mass is 16.6. The molecular weight excluding hydrogens is 222 g/mol. The molecule has 1 rings (SSSR count). The molecule has 0 aliphatic heterocycles. The number of carbonyl (C=O) groups is 2. The average molecular weight is 241 g/mol. The van der Waals surface area contributed by atoms with Gasteiger partial charge in [0.2, 0.25) is 0 Å². The zero-order valence-corrected chi connectivity index (χ0v) is 10.4. The first-order valence-corrected chi connectivity index (χ1v) is 5.67. The molecule has 0 spiro atoms. The Morgan fingerprint density at radius 3 is 2.76 bits per heavy atom. The molecule has 0 fully saturated rings. The Bertz CT molecular complexity index is 306. The topological polar surface area (TPSA) is 64.6 Å². The highest BCUT2D eigenvalue weighted by Crippen LogP contribution is 2.15. The summed E-state index contributed by atoms with van der Waals surface area (Å²) in [4.78, 5) is 21.9. The molecule has 1 aliphatic rings. The Labute approximate surface area is 101 Å². The third-order valence-electron chi connectivity index (χ3n) is 2.28. The lowest BCUT2D eigenvalue weighted by Crippen LogP contribution is -2.46. The van der Waals surface area contributed by atoms with Gasteiger partial charge in [-0.05, 0) is 39.7 Å². The number of amides is 1. The first-order valence-electron chi connectivity index (χ1n) is 5.67. The Hall–Kier alpha value is -1.52. The molecule has 5 heteroatoms. The van der Waals surface area contributed by atoms with Crippen molar-refractivity contribution < 1.29 is 19.1 Å². The maximum atomic E-state index is 11.6. The van der Waals surface area contributed by atoms with Gasteiger partial charge in [-0.15, -0.1) is 0 Å². The molecule has 1 N–H and O–H groups in total. The fraction of sp³-hybridized carbons (Fsp3) is 0.667. The summed E-state index contributed by atoms with van der Waals surface area (Å²) in [6.07, 6.45) is 4.39. The first kappa shape index (κ1) is 13.5. The Balaban J connectivity index is 2.51. The first-order chi connectivity index (χ1) is 7.92. The van der Waals surface area contributed by atoms with Crippen molar-refractivity contribution in [3.63, 3.8) is 0 Å². The molecular formula is C12H19NO4. The van der Waals surface area contributed by atoms with Crippen LogP contribution in [0.2, 0.25) is 0 Å². The van der Waals surface area contributed by atoms with Gasteiger partial charge in [0, 0.05) is 0 Å². The van der Waals surface area contributed by atoms with Crippen molar-refractivity contribution in [2.75, 3.05) is 0 Å². The lowest BCUT2D eigenvalue weighted by molar-refractivity contribution is -0.133. The summed E-state index contributed by atoms with van der Waals surface area (Å²) in [6, 6.07) is -0.222. The SMILES string of the molecule is CC(C)(C)OC(=O)N[C@@H]1CCC=C[C@@H]1OC=O. The van der Waals surface area contributed by atoms with Crippen LogP contribution in [0.5, 0.6) is 0 Å². The van der Waals surface area contributed by atoms with E-state index < -0.39 is 17.8 Å². The maximum absolute atomic E-state index is 11.6. The molecule has 0 saturated heterocycles. The van der Waals surface area contributed by atoms with Crippen LogP contribution in [0.1, 0.15) is 33.6 Å². The van der Waals surface area contributed by atoms with E-state index in [2.05, 4.69) is 5.32 Å². The van der Waals surface area contributed by atoms with Crippen LogP contribution in [0.4, 0.5) is 4.79 Å². The van der Waals surface area contributed by atoms with Crippen LogP contribution in [0, 0.1) is 0 Å². The number of alkyl carbamates (subject to hydrolysis) is 1. The van der Waals surface area contributed by atoms with Crippen LogP contribution < -0.4 is 5.32 Å². The molecule has 2 atom stereocenters. The van der Waals surface area contributed by atoms with Crippen molar-refractivity contribution in [1.29, 1.82) is 0 Å². The van der Waals surface area contributed by atoms with E-state index in [0.717, 1.165) is 12.8 Å². The summed E-state index contributed by atoms with van der Waals surface area (Å²) in [5, 5.41) is 2.71. The van der Waals surface area contributed by atoms with Gasteiger partial charge in [0.05, 0.1) is 6.04 Å². The van der Waals surface area contributed by atoms with Gasteiger partial charge >= 0.3 is 6.09 Å². The fourth-order valence-corrected chi connectivity index (χ4v) is 1.62. The maximum Gasteiger partial charge on any atom is 0.408 e. The lowest BCUT2D eigenvalue weighted by Gasteiger charge is -2.28. The van der Waals surface area contributed by atoms with Gasteiger partial charge < -0.3 is 14.8 Å². The second-order valence-corrected chi connectivity index (χ2v) is 4.96. The molecule has 0 bridgehead atoms. The number of allylic oxidation sites excluding steroid dienone is 1. The summed E-state index contributed by atoms with van der Waals surface area (Å²) in [7, 11) is 0. The molecule has 0 aromatic carbocycles. The average Bonchev–Trinajstić information content (AvgIpc) is 2.18. The molecule has 0 unspecified atom stereocenters. The van der Waals surface area contributed by atoms with Crippen LogP contribution in [0.25, 0.3) is 0 Å². The van der Waals surface area contributed by atoms with E-state index in [1.807, 2.05) is 6.08 Å².